The van der Waals surface area contributed by atoms with Crippen molar-refractivity contribution < 1.29 is 18.7 Å². The van der Waals surface area contributed by atoms with E-state index in [1.807, 2.05) is 44.2 Å². The smallest absolute Gasteiger partial charge is 0.140 e. The van der Waals surface area contributed by atoms with Crippen LogP contribution in [0.25, 0.3) is 0 Å². The zero-order chi connectivity index (χ0) is 22.4. The normalized spacial score (nSPS) is 14.1. The van der Waals surface area contributed by atoms with Crippen molar-refractivity contribution in [2.75, 3.05) is 11.9 Å². The zero-order valence-electron chi connectivity index (χ0n) is 17.6. The molecule has 0 saturated heterocycles. The van der Waals surface area contributed by atoms with Crippen LogP contribution >= 0.6 is 0 Å². The summed E-state index contributed by atoms with van der Waals surface area (Å²) in [6, 6.07) is 20.9. The van der Waals surface area contributed by atoms with Gasteiger partial charge in [-0.2, -0.15) is 0 Å². The molecule has 0 heterocycles. The van der Waals surface area contributed by atoms with Crippen molar-refractivity contribution >= 4 is 11.5 Å². The summed E-state index contributed by atoms with van der Waals surface area (Å²) in [5.74, 6) is -2.31. The van der Waals surface area contributed by atoms with Crippen molar-refractivity contribution in [3.8, 4) is 0 Å². The fourth-order valence-electron chi connectivity index (χ4n) is 3.80. The van der Waals surface area contributed by atoms with Crippen LogP contribution in [0.3, 0.4) is 0 Å². The van der Waals surface area contributed by atoms with Crippen molar-refractivity contribution in [2.24, 2.45) is 11.8 Å². The summed E-state index contributed by atoms with van der Waals surface area (Å²) in [6.45, 7) is 3.94. The minimum absolute atomic E-state index is 0.0149. The number of para-hydroxylation sites is 1. The third kappa shape index (κ3) is 5.76. The van der Waals surface area contributed by atoms with Crippen molar-refractivity contribution in [1.82, 2.24) is 0 Å². The number of aliphatic hydroxyl groups is 1. The first-order valence-corrected chi connectivity index (χ1v) is 10.4. The van der Waals surface area contributed by atoms with Gasteiger partial charge >= 0.3 is 0 Å². The van der Waals surface area contributed by atoms with Gasteiger partial charge in [-0.3, -0.25) is 4.79 Å². The van der Waals surface area contributed by atoms with Crippen molar-refractivity contribution in [2.45, 2.75) is 25.9 Å². The van der Waals surface area contributed by atoms with E-state index in [9.17, 15) is 18.7 Å². The summed E-state index contributed by atoms with van der Waals surface area (Å²) in [4.78, 5) is 13.3. The van der Waals surface area contributed by atoms with Crippen LogP contribution < -0.4 is 5.32 Å². The number of anilines is 1. The molecule has 3 rings (SSSR count). The molecule has 5 heteroatoms. The molecule has 162 valence electrons. The highest BCUT2D eigenvalue weighted by atomic mass is 19.1. The Bertz CT molecular complexity index is 973. The molecule has 0 radical (unpaired) electrons. The van der Waals surface area contributed by atoms with E-state index in [0.717, 1.165) is 5.69 Å². The number of benzene rings is 3. The third-order valence-electron chi connectivity index (χ3n) is 5.47. The van der Waals surface area contributed by atoms with Crippen LogP contribution in [0, 0.1) is 23.5 Å². The number of ketones is 1. The van der Waals surface area contributed by atoms with Crippen molar-refractivity contribution in [3.63, 3.8) is 0 Å². The van der Waals surface area contributed by atoms with Crippen LogP contribution in [0.5, 0.6) is 0 Å². The molecule has 3 nitrogen and oxygen atoms in total. The Balaban J connectivity index is 2.01. The Kier molecular flexibility index (Phi) is 7.53. The van der Waals surface area contributed by atoms with Crippen LogP contribution in [0.2, 0.25) is 0 Å². The van der Waals surface area contributed by atoms with E-state index >= 15 is 0 Å². The fourth-order valence-corrected chi connectivity index (χ4v) is 3.80. The number of rotatable bonds is 9. The van der Waals surface area contributed by atoms with Gasteiger partial charge in [-0.15, -0.1) is 0 Å². The maximum atomic E-state index is 13.6. The van der Waals surface area contributed by atoms with E-state index in [2.05, 4.69) is 5.32 Å². The molecule has 0 bridgehead atoms. The molecule has 2 N–H and O–H groups in total. The molecule has 0 spiro atoms. The first-order chi connectivity index (χ1) is 14.9. The van der Waals surface area contributed by atoms with Gasteiger partial charge in [0.25, 0.3) is 0 Å². The number of halogens is 2. The molecule has 0 aliphatic carbocycles. The topological polar surface area (TPSA) is 49.3 Å². The summed E-state index contributed by atoms with van der Waals surface area (Å²) in [7, 11) is 0. The number of carbonyl (C=O) groups excluding carboxylic acids is 1. The van der Waals surface area contributed by atoms with E-state index in [1.165, 1.54) is 36.4 Å². The number of carbonyl (C=O) groups is 1. The lowest BCUT2D eigenvalue weighted by Crippen LogP contribution is -2.35. The summed E-state index contributed by atoms with van der Waals surface area (Å²) < 4.78 is 27.0. The van der Waals surface area contributed by atoms with Gasteiger partial charge in [0.15, 0.2) is 0 Å². The molecule has 31 heavy (non-hydrogen) atoms. The van der Waals surface area contributed by atoms with Gasteiger partial charge in [0.05, 0.1) is 6.10 Å². The Morgan fingerprint density at radius 3 is 1.87 bits per heavy atom. The molecule has 0 aliphatic heterocycles. The Labute approximate surface area is 181 Å². The maximum Gasteiger partial charge on any atom is 0.140 e. The van der Waals surface area contributed by atoms with E-state index in [-0.39, 0.29) is 11.7 Å². The zero-order valence-corrected chi connectivity index (χ0v) is 17.6. The monoisotopic (exact) mass is 423 g/mol. The predicted octanol–water partition coefficient (Wildman–Crippen LogP) is 5.74. The van der Waals surface area contributed by atoms with Crippen molar-refractivity contribution in [1.29, 1.82) is 0 Å². The van der Waals surface area contributed by atoms with E-state index in [1.54, 1.807) is 12.1 Å². The van der Waals surface area contributed by atoms with Gasteiger partial charge in [-0.25, -0.2) is 8.78 Å². The fraction of sp³-hybridized carbons (Fsp3) is 0.269. The van der Waals surface area contributed by atoms with Gasteiger partial charge in [0.1, 0.15) is 17.4 Å². The highest BCUT2D eigenvalue weighted by Gasteiger charge is 2.36. The summed E-state index contributed by atoms with van der Waals surface area (Å²) in [5, 5.41) is 14.6. The van der Waals surface area contributed by atoms with Crippen LogP contribution in [-0.2, 0) is 4.79 Å². The molecular weight excluding hydrogens is 396 g/mol. The van der Waals surface area contributed by atoms with Gasteiger partial charge in [0, 0.05) is 30.0 Å². The van der Waals surface area contributed by atoms with Crippen LogP contribution in [0.4, 0.5) is 14.5 Å². The molecule has 0 saturated carbocycles. The average molecular weight is 424 g/mol. The first-order valence-electron chi connectivity index (χ1n) is 10.4. The molecule has 0 amide bonds. The second-order valence-corrected chi connectivity index (χ2v) is 7.98. The van der Waals surface area contributed by atoms with E-state index in [4.69, 9.17) is 0 Å². The van der Waals surface area contributed by atoms with Crippen molar-refractivity contribution in [3.05, 3.63) is 102 Å². The largest absolute Gasteiger partial charge is 0.388 e. The summed E-state index contributed by atoms with van der Waals surface area (Å²) in [6.07, 6.45) is -1.07. The first kappa shape index (κ1) is 22.6. The van der Waals surface area contributed by atoms with Crippen LogP contribution in [-0.4, -0.2) is 17.4 Å². The number of hydrogen-bond acceptors (Lipinski definition) is 3. The summed E-state index contributed by atoms with van der Waals surface area (Å²) in [5.41, 5.74) is 2.00. The average Bonchev–Trinajstić information content (AvgIpc) is 2.78. The molecule has 0 aliphatic rings. The third-order valence-corrected chi connectivity index (χ3v) is 5.47. The van der Waals surface area contributed by atoms with Gasteiger partial charge < -0.3 is 10.4 Å². The second-order valence-electron chi connectivity index (χ2n) is 7.98. The summed E-state index contributed by atoms with van der Waals surface area (Å²) >= 11 is 0. The highest BCUT2D eigenvalue weighted by Crippen LogP contribution is 2.39. The minimum atomic E-state index is -1.07. The van der Waals surface area contributed by atoms with Crippen LogP contribution in [0.1, 0.15) is 37.0 Å². The van der Waals surface area contributed by atoms with E-state index in [0.29, 0.717) is 17.7 Å². The lowest BCUT2D eigenvalue weighted by atomic mass is 9.75. The quantitative estimate of drug-likeness (QED) is 0.462. The Morgan fingerprint density at radius 2 is 1.35 bits per heavy atom. The number of Topliss-reactive ketones (excluding diaryl/α,β-unsaturated/α-hetero) is 1. The van der Waals surface area contributed by atoms with Gasteiger partial charge in [-0.05, 0) is 47.5 Å². The molecule has 3 aromatic rings. The van der Waals surface area contributed by atoms with Gasteiger partial charge in [0.2, 0.25) is 0 Å². The number of nitrogens with one attached hydrogen (secondary N) is 1. The Hall–Kier alpha value is -3.05. The number of aliphatic hydroxyl groups excluding tert-OH is 1. The predicted molar refractivity (Wildman–Crippen MR) is 119 cm³/mol. The van der Waals surface area contributed by atoms with E-state index < -0.39 is 29.6 Å². The molecule has 3 aromatic carbocycles. The van der Waals surface area contributed by atoms with Crippen LogP contribution in [0.15, 0.2) is 78.9 Å². The molecule has 3 unspecified atom stereocenters. The Morgan fingerprint density at radius 1 is 0.839 bits per heavy atom. The lowest BCUT2D eigenvalue weighted by Gasteiger charge is -2.32. The lowest BCUT2D eigenvalue weighted by molar-refractivity contribution is -0.127. The molecule has 3 atom stereocenters. The standard InChI is InChI=1S/C26H27F2NO2/c1-17(2)25(30)23(16-29-22-6-4-3-5-7-22)24(18-8-12-20(27)13-9-18)26(31)19-10-14-21(28)15-11-19/h3-15,17,23-24,26,29,31H,16H2,1-2H3. The molecule has 0 aromatic heterocycles. The maximum absolute atomic E-state index is 13.6. The SMILES string of the molecule is CC(C)C(=O)C(CNc1ccccc1)C(c1ccc(F)cc1)C(O)c1ccc(F)cc1. The number of hydrogen-bond donors (Lipinski definition) is 2. The molecule has 0 fully saturated rings. The minimum Gasteiger partial charge on any atom is -0.388 e. The highest BCUT2D eigenvalue weighted by molar-refractivity contribution is 5.84. The molecular formula is C26H27F2NO2. The van der Waals surface area contributed by atoms with Gasteiger partial charge in [-0.1, -0.05) is 56.3 Å². The second kappa shape index (κ2) is 10.3.